The lowest BCUT2D eigenvalue weighted by Gasteiger charge is -2.01. The number of furan rings is 1. The number of thioether (sulfide) groups is 1. The molecule has 0 saturated carbocycles. The van der Waals surface area contributed by atoms with E-state index in [1.165, 1.54) is 4.90 Å². The Balaban J connectivity index is 1.43. The second-order valence-electron chi connectivity index (χ2n) is 4.83. The Morgan fingerprint density at radius 2 is 1.96 bits per heavy atom. The fraction of sp³-hybridized carbons (Fsp3) is 0.188. The molecule has 8 heteroatoms. The molecule has 3 rings (SSSR count). The summed E-state index contributed by atoms with van der Waals surface area (Å²) < 4.78 is 11.2. The molecule has 6 nitrogen and oxygen atoms in total. The second-order valence-corrected chi connectivity index (χ2v) is 6.78. The first kappa shape index (κ1) is 16.8. The van der Waals surface area contributed by atoms with Gasteiger partial charge >= 0.3 is 6.01 Å². The van der Waals surface area contributed by atoms with Gasteiger partial charge in [-0.15, -0.1) is 16.9 Å². The molecule has 124 valence electrons. The van der Waals surface area contributed by atoms with Gasteiger partial charge in [0.15, 0.2) is 10.4 Å². The van der Waals surface area contributed by atoms with E-state index in [0.29, 0.717) is 16.9 Å². The molecule has 1 aromatic carbocycles. The highest BCUT2D eigenvalue weighted by molar-refractivity contribution is 9.10. The minimum Gasteiger partial charge on any atom is -0.444 e. The lowest BCUT2D eigenvalue weighted by atomic mass is 10.3. The quantitative estimate of drug-likeness (QED) is 0.455. The Labute approximate surface area is 151 Å². The maximum Gasteiger partial charge on any atom is 0.322 e. The summed E-state index contributed by atoms with van der Waals surface area (Å²) in [6.45, 7) is 0. The summed E-state index contributed by atoms with van der Waals surface area (Å²) in [5, 5.41) is 10.2. The zero-order valence-electron chi connectivity index (χ0n) is 12.6. The number of amides is 1. The molecule has 0 spiro atoms. The number of nitrogens with one attached hydrogen (secondary N) is 1. The maximum atomic E-state index is 11.9. The monoisotopic (exact) mass is 407 g/mol. The summed E-state index contributed by atoms with van der Waals surface area (Å²) in [4.78, 5) is 13.1. The molecule has 0 bridgehead atoms. The molecule has 0 unspecified atom stereocenters. The minimum absolute atomic E-state index is 0.0678. The molecule has 0 radical (unpaired) electrons. The minimum atomic E-state index is -0.153. The molecule has 0 saturated heterocycles. The summed E-state index contributed by atoms with van der Waals surface area (Å²) in [6.07, 6.45) is 1.15. The number of benzene rings is 1. The number of anilines is 1. The topological polar surface area (TPSA) is 81.2 Å². The van der Waals surface area contributed by atoms with Gasteiger partial charge in [-0.25, -0.2) is 0 Å². The lowest BCUT2D eigenvalue weighted by Crippen LogP contribution is -2.11. The van der Waals surface area contributed by atoms with Crippen LogP contribution in [-0.2, 0) is 4.79 Å². The third-order valence-corrected chi connectivity index (χ3v) is 4.54. The highest BCUT2D eigenvalue weighted by Gasteiger charge is 2.13. The summed E-state index contributed by atoms with van der Waals surface area (Å²) in [7, 11) is 0. The van der Waals surface area contributed by atoms with E-state index in [1.807, 2.05) is 18.2 Å². The second kappa shape index (κ2) is 8.16. The molecule has 2 heterocycles. The predicted octanol–water partition coefficient (Wildman–Crippen LogP) is 4.60. The molecule has 0 aliphatic carbocycles. The van der Waals surface area contributed by atoms with Crippen molar-refractivity contribution in [2.24, 2.45) is 0 Å². The zero-order chi connectivity index (χ0) is 16.8. The highest BCUT2D eigenvalue weighted by atomic mass is 79.9. The number of nitrogens with zero attached hydrogens (tertiary/aromatic N) is 2. The molecule has 2 aromatic heterocycles. The third kappa shape index (κ3) is 4.72. The predicted molar refractivity (Wildman–Crippen MR) is 94.7 cm³/mol. The normalized spacial score (nSPS) is 10.7. The summed E-state index contributed by atoms with van der Waals surface area (Å²) in [5.74, 6) is 1.37. The van der Waals surface area contributed by atoms with Gasteiger partial charge < -0.3 is 8.83 Å². The molecule has 0 aliphatic rings. The Morgan fingerprint density at radius 3 is 2.71 bits per heavy atom. The van der Waals surface area contributed by atoms with Crippen molar-refractivity contribution in [3.8, 4) is 11.7 Å². The molecule has 24 heavy (non-hydrogen) atoms. The van der Waals surface area contributed by atoms with E-state index in [0.717, 1.165) is 12.2 Å². The molecule has 1 amide bonds. The Bertz CT molecular complexity index is 804. The first-order chi connectivity index (χ1) is 11.7. The fourth-order valence-electron chi connectivity index (χ4n) is 1.92. The number of carbonyl (C=O) groups excluding carboxylic acids is 1. The van der Waals surface area contributed by atoms with Gasteiger partial charge in [0, 0.05) is 11.3 Å². The Hall–Kier alpha value is -2.06. The number of aromatic nitrogens is 2. The van der Waals surface area contributed by atoms with E-state index >= 15 is 0 Å². The van der Waals surface area contributed by atoms with Crippen LogP contribution in [0.1, 0.15) is 12.8 Å². The van der Waals surface area contributed by atoms with E-state index < -0.39 is 0 Å². The standard InChI is InChI=1S/C16H14BrN3O3S/c17-13-9-8-12(22-13)15-19-20-16(23-15)18-14(21)7-4-10-24-11-5-2-1-3-6-11/h1-3,5-6,8-9H,4,7,10H2,(H,18,20,21). The number of carbonyl (C=O) groups is 1. The van der Waals surface area contributed by atoms with Gasteiger partial charge in [0.1, 0.15) is 0 Å². The number of hydrogen-bond donors (Lipinski definition) is 1. The first-order valence-corrected chi connectivity index (χ1v) is 9.05. The van der Waals surface area contributed by atoms with Crippen LogP contribution in [0.3, 0.4) is 0 Å². The van der Waals surface area contributed by atoms with Crippen LogP contribution in [0.25, 0.3) is 11.7 Å². The number of rotatable bonds is 7. The van der Waals surface area contributed by atoms with Gasteiger partial charge in [-0.1, -0.05) is 23.3 Å². The summed E-state index contributed by atoms with van der Waals surface area (Å²) >= 11 is 4.92. The lowest BCUT2D eigenvalue weighted by molar-refractivity contribution is -0.116. The van der Waals surface area contributed by atoms with Gasteiger partial charge in [0.25, 0.3) is 5.89 Å². The molecular weight excluding hydrogens is 394 g/mol. The van der Waals surface area contributed by atoms with Gasteiger partial charge in [0.2, 0.25) is 5.91 Å². The van der Waals surface area contributed by atoms with Crippen molar-refractivity contribution in [2.75, 3.05) is 11.1 Å². The number of halogens is 1. The van der Waals surface area contributed by atoms with Crippen LogP contribution in [0.15, 0.2) is 60.9 Å². The highest BCUT2D eigenvalue weighted by Crippen LogP contribution is 2.25. The van der Waals surface area contributed by atoms with Crippen molar-refractivity contribution in [3.63, 3.8) is 0 Å². The third-order valence-electron chi connectivity index (χ3n) is 3.02. The average molecular weight is 408 g/mol. The van der Waals surface area contributed by atoms with E-state index in [-0.39, 0.29) is 17.8 Å². The van der Waals surface area contributed by atoms with Crippen LogP contribution in [0.5, 0.6) is 0 Å². The van der Waals surface area contributed by atoms with E-state index in [2.05, 4.69) is 43.6 Å². The molecule has 1 N–H and O–H groups in total. The van der Waals surface area contributed by atoms with E-state index in [1.54, 1.807) is 23.9 Å². The molecular formula is C16H14BrN3O3S. The summed E-state index contributed by atoms with van der Waals surface area (Å²) in [5.41, 5.74) is 0. The van der Waals surface area contributed by atoms with Crippen molar-refractivity contribution in [2.45, 2.75) is 17.7 Å². The van der Waals surface area contributed by atoms with E-state index in [9.17, 15) is 4.79 Å². The van der Waals surface area contributed by atoms with Crippen molar-refractivity contribution in [1.29, 1.82) is 0 Å². The fourth-order valence-corrected chi connectivity index (χ4v) is 3.10. The van der Waals surface area contributed by atoms with Crippen LogP contribution in [0, 0.1) is 0 Å². The molecule has 0 fully saturated rings. The van der Waals surface area contributed by atoms with Crippen molar-refractivity contribution in [3.05, 3.63) is 47.1 Å². The van der Waals surface area contributed by atoms with Crippen molar-refractivity contribution in [1.82, 2.24) is 10.2 Å². The maximum absolute atomic E-state index is 11.9. The van der Waals surface area contributed by atoms with Crippen LogP contribution in [-0.4, -0.2) is 21.9 Å². The van der Waals surface area contributed by atoms with Crippen LogP contribution < -0.4 is 5.32 Å². The van der Waals surface area contributed by atoms with Gasteiger partial charge in [-0.2, -0.15) is 0 Å². The van der Waals surface area contributed by atoms with E-state index in [4.69, 9.17) is 8.83 Å². The summed E-state index contributed by atoms with van der Waals surface area (Å²) in [6, 6.07) is 13.6. The van der Waals surface area contributed by atoms with Crippen molar-refractivity contribution < 1.29 is 13.6 Å². The largest absolute Gasteiger partial charge is 0.444 e. The first-order valence-electron chi connectivity index (χ1n) is 7.27. The van der Waals surface area contributed by atoms with Gasteiger partial charge in [0.05, 0.1) is 0 Å². The Morgan fingerprint density at radius 1 is 1.12 bits per heavy atom. The smallest absolute Gasteiger partial charge is 0.322 e. The van der Waals surface area contributed by atoms with Crippen molar-refractivity contribution >= 4 is 39.6 Å². The Kier molecular flexibility index (Phi) is 5.71. The average Bonchev–Trinajstić information content (AvgIpc) is 3.21. The SMILES string of the molecule is O=C(CCCSc1ccccc1)Nc1nnc(-c2ccc(Br)o2)o1. The molecule has 0 aliphatic heterocycles. The number of hydrogen-bond acceptors (Lipinski definition) is 6. The molecule has 0 atom stereocenters. The zero-order valence-corrected chi connectivity index (χ0v) is 15.0. The van der Waals surface area contributed by atoms with Crippen LogP contribution in [0.2, 0.25) is 0 Å². The molecule has 3 aromatic rings. The van der Waals surface area contributed by atoms with Crippen LogP contribution in [0.4, 0.5) is 6.01 Å². The van der Waals surface area contributed by atoms with Gasteiger partial charge in [-0.05, 0) is 52.4 Å². The van der Waals surface area contributed by atoms with Crippen LogP contribution >= 0.6 is 27.7 Å². The van der Waals surface area contributed by atoms with Gasteiger partial charge in [-0.3, -0.25) is 10.1 Å².